The van der Waals surface area contributed by atoms with E-state index in [1.165, 1.54) is 22.3 Å². The van der Waals surface area contributed by atoms with Crippen LogP contribution in [0.25, 0.3) is 0 Å². The van der Waals surface area contributed by atoms with Crippen LogP contribution in [0, 0.1) is 25.3 Å². The van der Waals surface area contributed by atoms with Crippen molar-refractivity contribution in [2.24, 2.45) is 0 Å². The van der Waals surface area contributed by atoms with Gasteiger partial charge in [-0.2, -0.15) is 0 Å². The summed E-state index contributed by atoms with van der Waals surface area (Å²) in [4.78, 5) is 0. The zero-order valence-electron chi connectivity index (χ0n) is 14.6. The first-order valence-corrected chi connectivity index (χ1v) is 8.23. The summed E-state index contributed by atoms with van der Waals surface area (Å²) in [6.07, 6.45) is 12.9. The predicted octanol–water partition coefficient (Wildman–Crippen LogP) is 5.39. The van der Waals surface area contributed by atoms with E-state index >= 15 is 0 Å². The molecule has 2 aliphatic rings. The van der Waals surface area contributed by atoms with Crippen molar-refractivity contribution in [1.29, 1.82) is 0 Å². The molecule has 2 heteroatoms. The largest absolute Gasteiger partial charge is 2.00 e. The summed E-state index contributed by atoms with van der Waals surface area (Å²) in [7, 11) is 0. The van der Waals surface area contributed by atoms with Crippen molar-refractivity contribution in [3.05, 3.63) is 119 Å². The van der Waals surface area contributed by atoms with Gasteiger partial charge in [0.2, 0.25) is 0 Å². The molecule has 0 atom stereocenters. The maximum absolute atomic E-state index is 5.30. The Morgan fingerprint density at radius 1 is 0.615 bits per heavy atom. The molecule has 0 saturated carbocycles. The predicted molar refractivity (Wildman–Crippen MR) is 99.0 cm³/mol. The summed E-state index contributed by atoms with van der Waals surface area (Å²) < 4.78 is 0. The Labute approximate surface area is 186 Å². The number of hydrogen-bond acceptors (Lipinski definition) is 0. The van der Waals surface area contributed by atoms with Crippen molar-refractivity contribution < 1.29 is 42.1 Å². The fraction of sp³-hybridized carbons (Fsp3) is 0.167. The van der Waals surface area contributed by atoms with Crippen LogP contribution in [-0.2, 0) is 55.0 Å². The zero-order valence-corrected chi connectivity index (χ0v) is 20.4. The van der Waals surface area contributed by atoms with E-state index in [1.807, 2.05) is 0 Å². The molecule has 2 aromatic rings. The maximum Gasteiger partial charge on any atom is 2.00 e. The van der Waals surface area contributed by atoms with E-state index < -0.39 is 0 Å². The van der Waals surface area contributed by atoms with E-state index in [9.17, 15) is 0 Å². The normalized spacial score (nSPS) is 13.7. The van der Waals surface area contributed by atoms with Gasteiger partial charge in [0.15, 0.2) is 0 Å². The monoisotopic (exact) mass is 676 g/mol. The SMILES string of the molecule is [CH-]=CC1=[C-]C[C-]=C(C=[CH-])C1.[W+2].[W+2].c1ccc2c(c1)Cc1ccccc1C2. The van der Waals surface area contributed by atoms with Gasteiger partial charge in [0.05, 0.1) is 0 Å². The second kappa shape index (κ2) is 11.5. The summed E-state index contributed by atoms with van der Waals surface area (Å²) >= 11 is 0. The summed E-state index contributed by atoms with van der Waals surface area (Å²) in [5.74, 6) is 0. The van der Waals surface area contributed by atoms with E-state index in [0.717, 1.165) is 30.4 Å². The Bertz CT molecular complexity index is 703. The molecule has 2 aromatic carbocycles. The van der Waals surface area contributed by atoms with Gasteiger partial charge in [-0.05, 0) is 35.1 Å². The first-order valence-electron chi connectivity index (χ1n) is 8.23. The Balaban J connectivity index is 0.000000255. The minimum absolute atomic E-state index is 0. The van der Waals surface area contributed by atoms with Crippen LogP contribution in [0.5, 0.6) is 0 Å². The molecule has 0 nitrogen and oxygen atoms in total. The molecule has 0 spiro atoms. The van der Waals surface area contributed by atoms with E-state index in [0.29, 0.717) is 6.42 Å². The smallest absolute Gasteiger partial charge is 0.394 e. The fourth-order valence-electron chi connectivity index (χ4n) is 3.05. The second-order valence-corrected chi connectivity index (χ2v) is 5.98. The molecule has 0 bridgehead atoms. The van der Waals surface area contributed by atoms with Gasteiger partial charge in [0.1, 0.15) is 0 Å². The van der Waals surface area contributed by atoms with Crippen molar-refractivity contribution in [2.75, 3.05) is 0 Å². The zero-order chi connectivity index (χ0) is 16.8. The number of rotatable bonds is 2. The van der Waals surface area contributed by atoms with Gasteiger partial charge in [-0.15, -0.1) is 0 Å². The van der Waals surface area contributed by atoms with Crippen molar-refractivity contribution in [3.8, 4) is 0 Å². The van der Waals surface area contributed by atoms with E-state index in [2.05, 4.69) is 60.7 Å². The van der Waals surface area contributed by atoms with Crippen LogP contribution in [0.3, 0.4) is 0 Å². The maximum atomic E-state index is 5.30. The molecule has 0 N–H and O–H groups in total. The van der Waals surface area contributed by atoms with Gasteiger partial charge in [0.25, 0.3) is 0 Å². The molecule has 0 aliphatic heterocycles. The Kier molecular flexibility index (Phi) is 10.1. The standard InChI is InChI=1S/C14H12.C10H8.2W/c1-2-6-12-10-14-8-4-3-7-13(14)9-11(12)5-1;1-3-9-6-5-7-10(4-2)8-9;;/h1-8H,9-10H2;1-4H,5,8H2;;/q;-4;2*+2. The van der Waals surface area contributed by atoms with Gasteiger partial charge in [-0.1, -0.05) is 48.5 Å². The van der Waals surface area contributed by atoms with Gasteiger partial charge in [0, 0.05) is 0 Å². The first kappa shape index (κ1) is 22.8. The summed E-state index contributed by atoms with van der Waals surface area (Å²) in [6, 6.07) is 17.5. The molecule has 0 saturated heterocycles. The Morgan fingerprint density at radius 3 is 1.27 bits per heavy atom. The molecule has 0 radical (unpaired) electrons. The Morgan fingerprint density at radius 2 is 0.962 bits per heavy atom. The molecule has 4 rings (SSSR count). The molecule has 0 heterocycles. The number of hydrogen-bond donors (Lipinski definition) is 0. The van der Waals surface area contributed by atoms with E-state index in [-0.39, 0.29) is 42.1 Å². The third kappa shape index (κ3) is 5.90. The number of fused-ring (bicyclic) bond motifs is 2. The quantitative estimate of drug-likeness (QED) is 0.320. The van der Waals surface area contributed by atoms with Crippen LogP contribution in [0.4, 0.5) is 0 Å². The third-order valence-electron chi connectivity index (χ3n) is 4.41. The van der Waals surface area contributed by atoms with Crippen LogP contribution in [0.15, 0.2) is 71.8 Å². The van der Waals surface area contributed by atoms with Gasteiger partial charge in [-0.25, -0.2) is 12.8 Å². The summed E-state index contributed by atoms with van der Waals surface area (Å²) in [5, 5.41) is 0. The third-order valence-corrected chi connectivity index (χ3v) is 4.41. The molecular formula is C24H20W2. The molecular weight excluding hydrogens is 656 g/mol. The molecule has 0 fully saturated rings. The Hall–Kier alpha value is -1.22. The van der Waals surface area contributed by atoms with Gasteiger partial charge in [-0.3, -0.25) is 0 Å². The summed E-state index contributed by atoms with van der Waals surface area (Å²) in [5.41, 5.74) is 7.99. The van der Waals surface area contributed by atoms with Crippen LogP contribution in [0.2, 0.25) is 0 Å². The van der Waals surface area contributed by atoms with Crippen molar-refractivity contribution in [2.45, 2.75) is 25.7 Å². The van der Waals surface area contributed by atoms with Crippen LogP contribution in [-0.4, -0.2) is 0 Å². The van der Waals surface area contributed by atoms with Crippen LogP contribution in [0.1, 0.15) is 35.1 Å². The number of allylic oxidation sites excluding steroid dienone is 6. The average molecular weight is 676 g/mol. The van der Waals surface area contributed by atoms with E-state index in [1.54, 1.807) is 12.2 Å². The molecule has 128 valence electrons. The minimum atomic E-state index is 0. The minimum Gasteiger partial charge on any atom is -0.394 e. The van der Waals surface area contributed by atoms with Crippen LogP contribution >= 0.6 is 0 Å². The van der Waals surface area contributed by atoms with Crippen LogP contribution < -0.4 is 0 Å². The molecule has 0 amide bonds. The fourth-order valence-corrected chi connectivity index (χ4v) is 3.05. The van der Waals surface area contributed by atoms with Crippen molar-refractivity contribution in [3.63, 3.8) is 0 Å². The van der Waals surface area contributed by atoms with Gasteiger partial charge >= 0.3 is 42.1 Å². The molecule has 0 unspecified atom stereocenters. The molecule has 2 aliphatic carbocycles. The topological polar surface area (TPSA) is 0 Å². The summed E-state index contributed by atoms with van der Waals surface area (Å²) in [6.45, 7) is 10.6. The van der Waals surface area contributed by atoms with Crippen molar-refractivity contribution >= 4 is 0 Å². The second-order valence-electron chi connectivity index (χ2n) is 5.98. The average Bonchev–Trinajstić information content (AvgIpc) is 2.66. The first-order chi connectivity index (χ1) is 11.8. The van der Waals surface area contributed by atoms with E-state index in [4.69, 9.17) is 13.2 Å². The van der Waals surface area contributed by atoms with Crippen molar-refractivity contribution in [1.82, 2.24) is 0 Å². The van der Waals surface area contributed by atoms with Gasteiger partial charge < -0.3 is 48.6 Å². The molecule has 26 heavy (non-hydrogen) atoms. The number of benzene rings is 2. The molecule has 0 aromatic heterocycles.